The van der Waals surface area contributed by atoms with Crippen LogP contribution in [0.3, 0.4) is 0 Å². The summed E-state index contributed by atoms with van der Waals surface area (Å²) in [6, 6.07) is 7.23. The van der Waals surface area contributed by atoms with Gasteiger partial charge in [-0.05, 0) is 6.07 Å². The molecule has 1 heterocycles. The van der Waals surface area contributed by atoms with Crippen molar-refractivity contribution in [1.29, 1.82) is 5.26 Å². The van der Waals surface area contributed by atoms with Crippen molar-refractivity contribution in [3.63, 3.8) is 0 Å². The minimum absolute atomic E-state index is 0.113. The average molecular weight is 259 g/mol. The van der Waals surface area contributed by atoms with Gasteiger partial charge in [0.1, 0.15) is 11.9 Å². The molecule has 0 radical (unpaired) electrons. The van der Waals surface area contributed by atoms with Crippen LogP contribution in [0.1, 0.15) is 11.1 Å². The normalized spacial score (nSPS) is 10.2. The quantitative estimate of drug-likeness (QED) is 0.793. The zero-order chi connectivity index (χ0) is 14.0. The van der Waals surface area contributed by atoms with Crippen molar-refractivity contribution in [3.8, 4) is 6.07 Å². The van der Waals surface area contributed by atoms with Crippen molar-refractivity contribution < 1.29 is 4.39 Å². The highest BCUT2D eigenvalue weighted by molar-refractivity contribution is 5.35. The highest BCUT2D eigenvalue weighted by Gasteiger charge is 2.10. The summed E-state index contributed by atoms with van der Waals surface area (Å²) in [4.78, 5) is 23.4. The molecule has 96 valence electrons. The summed E-state index contributed by atoms with van der Waals surface area (Å²) >= 11 is 0. The summed E-state index contributed by atoms with van der Waals surface area (Å²) < 4.78 is 16.0. The maximum atomic E-state index is 13.9. The molecule has 0 bridgehead atoms. The van der Waals surface area contributed by atoms with Gasteiger partial charge in [0.2, 0.25) is 0 Å². The number of aryl methyl sites for hydroxylation is 1. The molecule has 2 rings (SSSR count). The van der Waals surface area contributed by atoms with Gasteiger partial charge in [-0.2, -0.15) is 5.26 Å². The third kappa shape index (κ3) is 2.31. The summed E-state index contributed by atoms with van der Waals surface area (Å²) in [5.74, 6) is -0.706. The zero-order valence-corrected chi connectivity index (χ0v) is 10.1. The molecule has 0 atom stereocenters. The molecule has 0 saturated heterocycles. The predicted octanol–water partition coefficient (Wildman–Crippen LogP) is 0.606. The first-order chi connectivity index (χ1) is 9.04. The number of aromatic nitrogens is 2. The number of rotatable bonds is 2. The molecule has 0 amide bonds. The molecule has 0 spiro atoms. The standard InChI is InChI=1S/C13H10FN3O2/c1-16-6-5-11(18)17(13(16)19)8-10-4-2-3-9(7-15)12(10)14/h2-6H,8H2,1H3. The van der Waals surface area contributed by atoms with E-state index in [1.165, 1.54) is 42.1 Å². The van der Waals surface area contributed by atoms with Gasteiger partial charge in [0.25, 0.3) is 5.56 Å². The van der Waals surface area contributed by atoms with Crippen molar-refractivity contribution in [3.05, 3.63) is 68.2 Å². The summed E-state index contributed by atoms with van der Waals surface area (Å²) in [6.07, 6.45) is 1.35. The van der Waals surface area contributed by atoms with E-state index in [-0.39, 0.29) is 17.7 Å². The van der Waals surface area contributed by atoms with E-state index in [0.29, 0.717) is 0 Å². The van der Waals surface area contributed by atoms with Gasteiger partial charge in [-0.25, -0.2) is 9.18 Å². The number of hydrogen-bond acceptors (Lipinski definition) is 3. The lowest BCUT2D eigenvalue weighted by molar-refractivity contribution is 0.575. The first-order valence-electron chi connectivity index (χ1n) is 5.48. The Morgan fingerprint density at radius 2 is 2.05 bits per heavy atom. The van der Waals surface area contributed by atoms with E-state index in [4.69, 9.17) is 5.26 Å². The number of hydrogen-bond donors (Lipinski definition) is 0. The first-order valence-corrected chi connectivity index (χ1v) is 5.48. The zero-order valence-electron chi connectivity index (χ0n) is 10.1. The number of nitrogens with zero attached hydrogens (tertiary/aromatic N) is 3. The van der Waals surface area contributed by atoms with E-state index in [1.807, 2.05) is 0 Å². The fourth-order valence-corrected chi connectivity index (χ4v) is 1.72. The third-order valence-corrected chi connectivity index (χ3v) is 2.77. The Bertz CT molecular complexity index is 784. The Morgan fingerprint density at radius 1 is 1.32 bits per heavy atom. The number of halogens is 1. The maximum absolute atomic E-state index is 13.9. The van der Waals surface area contributed by atoms with Crippen molar-refractivity contribution in [1.82, 2.24) is 9.13 Å². The highest BCUT2D eigenvalue weighted by Crippen LogP contribution is 2.12. The van der Waals surface area contributed by atoms with Crippen LogP contribution in [0.2, 0.25) is 0 Å². The van der Waals surface area contributed by atoms with Crippen LogP contribution in [0, 0.1) is 17.1 Å². The van der Waals surface area contributed by atoms with E-state index in [9.17, 15) is 14.0 Å². The van der Waals surface area contributed by atoms with Crippen LogP contribution >= 0.6 is 0 Å². The van der Waals surface area contributed by atoms with Crippen LogP contribution in [0.5, 0.6) is 0 Å². The van der Waals surface area contributed by atoms with Gasteiger partial charge in [0.05, 0.1) is 12.1 Å². The number of benzene rings is 1. The van der Waals surface area contributed by atoms with Crippen LogP contribution < -0.4 is 11.2 Å². The van der Waals surface area contributed by atoms with Crippen molar-refractivity contribution in [2.75, 3.05) is 0 Å². The molecule has 5 nitrogen and oxygen atoms in total. The van der Waals surface area contributed by atoms with E-state index in [1.54, 1.807) is 6.07 Å². The van der Waals surface area contributed by atoms with Crippen LogP contribution in [-0.4, -0.2) is 9.13 Å². The van der Waals surface area contributed by atoms with Gasteiger partial charge in [-0.1, -0.05) is 12.1 Å². The molecule has 6 heteroatoms. The second kappa shape index (κ2) is 4.90. The molecule has 0 saturated carbocycles. The fourth-order valence-electron chi connectivity index (χ4n) is 1.72. The summed E-state index contributed by atoms with van der Waals surface area (Å²) in [6.45, 7) is -0.201. The van der Waals surface area contributed by atoms with Gasteiger partial charge >= 0.3 is 5.69 Å². The molecule has 0 N–H and O–H groups in total. The highest BCUT2D eigenvalue weighted by atomic mass is 19.1. The molecule has 0 aliphatic carbocycles. The van der Waals surface area contributed by atoms with Gasteiger partial charge in [0, 0.05) is 24.9 Å². The third-order valence-electron chi connectivity index (χ3n) is 2.77. The first kappa shape index (κ1) is 12.8. The molecule has 0 aliphatic heterocycles. The second-order valence-corrected chi connectivity index (χ2v) is 4.02. The van der Waals surface area contributed by atoms with Gasteiger partial charge in [-0.15, -0.1) is 0 Å². The molecule has 1 aromatic carbocycles. The lowest BCUT2D eigenvalue weighted by Gasteiger charge is -2.08. The van der Waals surface area contributed by atoms with Crippen molar-refractivity contribution >= 4 is 0 Å². The minimum atomic E-state index is -0.706. The molecule has 19 heavy (non-hydrogen) atoms. The van der Waals surface area contributed by atoms with E-state index in [2.05, 4.69) is 0 Å². The van der Waals surface area contributed by atoms with E-state index >= 15 is 0 Å². The van der Waals surface area contributed by atoms with Crippen LogP contribution in [0.25, 0.3) is 0 Å². The second-order valence-electron chi connectivity index (χ2n) is 4.02. The smallest absolute Gasteiger partial charge is 0.303 e. The predicted molar refractivity (Wildman–Crippen MR) is 66.2 cm³/mol. The molecular formula is C13H10FN3O2. The minimum Gasteiger partial charge on any atom is -0.303 e. The summed E-state index contributed by atoms with van der Waals surface area (Å²) in [5, 5.41) is 8.74. The molecule has 2 aromatic rings. The molecular weight excluding hydrogens is 249 g/mol. The Hall–Kier alpha value is -2.68. The Balaban J connectivity index is 2.55. The molecule has 1 aromatic heterocycles. The molecule has 0 aliphatic rings. The summed E-state index contributed by atoms with van der Waals surface area (Å²) in [5.41, 5.74) is -1.03. The summed E-state index contributed by atoms with van der Waals surface area (Å²) in [7, 11) is 1.50. The van der Waals surface area contributed by atoms with Gasteiger partial charge in [-0.3, -0.25) is 9.36 Å². The SMILES string of the molecule is Cn1ccc(=O)n(Cc2cccc(C#N)c2F)c1=O. The maximum Gasteiger partial charge on any atom is 0.331 e. The van der Waals surface area contributed by atoms with Gasteiger partial charge < -0.3 is 4.57 Å². The number of nitriles is 1. The van der Waals surface area contributed by atoms with Gasteiger partial charge in [0.15, 0.2) is 0 Å². The average Bonchev–Trinajstić information content (AvgIpc) is 2.41. The van der Waals surface area contributed by atoms with Crippen molar-refractivity contribution in [2.45, 2.75) is 6.54 Å². The molecule has 0 fully saturated rings. The lowest BCUT2D eigenvalue weighted by atomic mass is 10.1. The fraction of sp³-hybridized carbons (Fsp3) is 0.154. The van der Waals surface area contributed by atoms with E-state index < -0.39 is 17.1 Å². The Morgan fingerprint density at radius 3 is 2.74 bits per heavy atom. The lowest BCUT2D eigenvalue weighted by Crippen LogP contribution is -2.38. The van der Waals surface area contributed by atoms with Crippen LogP contribution in [-0.2, 0) is 13.6 Å². The van der Waals surface area contributed by atoms with Crippen LogP contribution in [0.15, 0.2) is 40.1 Å². The topological polar surface area (TPSA) is 67.8 Å². The van der Waals surface area contributed by atoms with Crippen molar-refractivity contribution in [2.24, 2.45) is 7.05 Å². The molecule has 0 unspecified atom stereocenters. The Labute approximate surface area is 107 Å². The van der Waals surface area contributed by atoms with Crippen LogP contribution in [0.4, 0.5) is 4.39 Å². The largest absolute Gasteiger partial charge is 0.331 e. The Kier molecular flexibility index (Phi) is 3.29. The van der Waals surface area contributed by atoms with E-state index in [0.717, 1.165) is 4.57 Å². The monoisotopic (exact) mass is 259 g/mol.